The molecule has 0 radical (unpaired) electrons. The molecular weight excluding hydrogens is 538 g/mol. The van der Waals surface area contributed by atoms with E-state index in [1.807, 2.05) is 36.4 Å². The second-order valence-corrected chi connectivity index (χ2v) is 9.62. The Morgan fingerprint density at radius 1 is 0.950 bits per heavy atom. The standard InChI is InChI=1S/C27H24F6N6O/c28-20-13-22(30)21(29)11-18(20)10-19(35-25(34)17-6-5-15-3-1-2-4-16(15)9-17)12-24(40)38-7-8-39-23(14-38)36-37-26(39)27(31,32)33/h1-6,9,11,13,19,25,35H,7-8,10,12,14,34H2/t19-,25+/m1/s1. The summed E-state index contributed by atoms with van der Waals surface area (Å²) in [6, 6.07) is 13.5. The van der Waals surface area contributed by atoms with E-state index in [0.29, 0.717) is 11.6 Å². The van der Waals surface area contributed by atoms with Gasteiger partial charge in [-0.1, -0.05) is 36.4 Å². The predicted molar refractivity (Wildman–Crippen MR) is 133 cm³/mol. The van der Waals surface area contributed by atoms with E-state index < -0.39 is 47.6 Å². The van der Waals surface area contributed by atoms with Crippen molar-refractivity contribution in [3.8, 4) is 0 Å². The summed E-state index contributed by atoms with van der Waals surface area (Å²) in [6.07, 6.45) is -5.95. The minimum Gasteiger partial charge on any atom is -0.333 e. The molecule has 1 amide bonds. The van der Waals surface area contributed by atoms with Crippen molar-refractivity contribution in [2.75, 3.05) is 6.54 Å². The Morgan fingerprint density at radius 3 is 2.42 bits per heavy atom. The number of halogens is 6. The molecular formula is C27H24F6N6O. The van der Waals surface area contributed by atoms with Crippen LogP contribution in [0.1, 0.15) is 35.4 Å². The highest BCUT2D eigenvalue weighted by Gasteiger charge is 2.40. The number of hydrogen-bond acceptors (Lipinski definition) is 5. The first-order valence-electron chi connectivity index (χ1n) is 12.4. The van der Waals surface area contributed by atoms with E-state index in [9.17, 15) is 31.1 Å². The van der Waals surface area contributed by atoms with Crippen LogP contribution in [0.3, 0.4) is 0 Å². The van der Waals surface area contributed by atoms with Crippen molar-refractivity contribution in [1.29, 1.82) is 0 Å². The van der Waals surface area contributed by atoms with Crippen LogP contribution in [-0.4, -0.2) is 38.2 Å². The molecule has 7 nitrogen and oxygen atoms in total. The molecule has 2 atom stereocenters. The van der Waals surface area contributed by atoms with Crippen LogP contribution in [0.25, 0.3) is 10.8 Å². The van der Waals surface area contributed by atoms with Gasteiger partial charge in [-0.05, 0) is 40.5 Å². The van der Waals surface area contributed by atoms with E-state index in [1.165, 1.54) is 4.90 Å². The van der Waals surface area contributed by atoms with E-state index in [0.717, 1.165) is 21.4 Å². The lowest BCUT2D eigenvalue weighted by Gasteiger charge is -2.30. The van der Waals surface area contributed by atoms with Gasteiger partial charge in [0.2, 0.25) is 11.7 Å². The highest BCUT2D eigenvalue weighted by atomic mass is 19.4. The molecule has 3 N–H and O–H groups in total. The fourth-order valence-corrected chi connectivity index (χ4v) is 4.85. The molecule has 5 rings (SSSR count). The van der Waals surface area contributed by atoms with Crippen LogP contribution in [-0.2, 0) is 30.5 Å². The van der Waals surface area contributed by atoms with E-state index in [1.54, 1.807) is 6.07 Å². The fourth-order valence-electron chi connectivity index (χ4n) is 4.85. The van der Waals surface area contributed by atoms with Gasteiger partial charge in [0.25, 0.3) is 0 Å². The number of alkyl halides is 3. The predicted octanol–water partition coefficient (Wildman–Crippen LogP) is 4.46. The molecule has 13 heteroatoms. The molecule has 0 saturated carbocycles. The molecule has 3 aromatic carbocycles. The Hall–Kier alpha value is -3.97. The number of hydrogen-bond donors (Lipinski definition) is 2. The molecule has 1 aromatic heterocycles. The number of benzene rings is 3. The molecule has 0 aliphatic carbocycles. The molecule has 1 aliphatic rings. The monoisotopic (exact) mass is 562 g/mol. The molecule has 210 valence electrons. The van der Waals surface area contributed by atoms with Crippen LogP contribution in [0.15, 0.2) is 54.6 Å². The summed E-state index contributed by atoms with van der Waals surface area (Å²) in [5, 5.41) is 11.8. The van der Waals surface area contributed by atoms with Gasteiger partial charge in [0.05, 0.1) is 12.7 Å². The van der Waals surface area contributed by atoms with Crippen LogP contribution in [0.2, 0.25) is 0 Å². The van der Waals surface area contributed by atoms with Gasteiger partial charge < -0.3 is 15.2 Å². The average molecular weight is 563 g/mol. The first kappa shape index (κ1) is 27.6. The van der Waals surface area contributed by atoms with Crippen molar-refractivity contribution in [3.63, 3.8) is 0 Å². The lowest BCUT2D eigenvalue weighted by Crippen LogP contribution is -2.45. The Kier molecular flexibility index (Phi) is 7.51. The maximum absolute atomic E-state index is 14.5. The Labute approximate surface area is 224 Å². The summed E-state index contributed by atoms with van der Waals surface area (Å²) in [5.74, 6) is -5.18. The molecule has 40 heavy (non-hydrogen) atoms. The lowest BCUT2D eigenvalue weighted by molar-refractivity contribution is -0.148. The average Bonchev–Trinajstić information content (AvgIpc) is 3.35. The van der Waals surface area contributed by atoms with Gasteiger partial charge in [-0.15, -0.1) is 10.2 Å². The normalized spacial score (nSPS) is 15.2. The molecule has 0 fully saturated rings. The second kappa shape index (κ2) is 10.9. The van der Waals surface area contributed by atoms with Gasteiger partial charge >= 0.3 is 6.18 Å². The van der Waals surface area contributed by atoms with Crippen molar-refractivity contribution in [2.45, 2.75) is 44.3 Å². The zero-order valence-electron chi connectivity index (χ0n) is 20.9. The quantitative estimate of drug-likeness (QED) is 0.197. The number of nitrogens with two attached hydrogens (primary N) is 1. The van der Waals surface area contributed by atoms with Gasteiger partial charge in [0.1, 0.15) is 5.82 Å². The topological polar surface area (TPSA) is 89.1 Å². The van der Waals surface area contributed by atoms with Gasteiger partial charge in [-0.25, -0.2) is 13.2 Å². The molecule has 4 aromatic rings. The first-order valence-corrected chi connectivity index (χ1v) is 12.4. The third-order valence-electron chi connectivity index (χ3n) is 6.88. The fraction of sp³-hybridized carbons (Fsp3) is 0.296. The van der Waals surface area contributed by atoms with Crippen LogP contribution in [0.5, 0.6) is 0 Å². The third kappa shape index (κ3) is 5.80. The first-order chi connectivity index (χ1) is 19.0. The zero-order valence-corrected chi connectivity index (χ0v) is 20.9. The number of rotatable bonds is 7. The molecule has 0 saturated heterocycles. The van der Waals surface area contributed by atoms with Crippen LogP contribution in [0.4, 0.5) is 26.3 Å². The molecule has 0 bridgehead atoms. The number of nitrogens with zero attached hydrogens (tertiary/aromatic N) is 4. The van der Waals surface area contributed by atoms with E-state index in [-0.39, 0.29) is 43.9 Å². The minimum atomic E-state index is -4.68. The summed E-state index contributed by atoms with van der Waals surface area (Å²) in [4.78, 5) is 14.6. The zero-order chi connectivity index (χ0) is 28.6. The molecule has 1 aliphatic heterocycles. The third-order valence-corrected chi connectivity index (χ3v) is 6.88. The summed E-state index contributed by atoms with van der Waals surface area (Å²) >= 11 is 0. The number of carbonyl (C=O) groups is 1. The summed E-state index contributed by atoms with van der Waals surface area (Å²) in [6.45, 7) is -0.393. The Bertz CT molecular complexity index is 1550. The van der Waals surface area contributed by atoms with Crippen molar-refractivity contribution in [1.82, 2.24) is 25.0 Å². The second-order valence-electron chi connectivity index (χ2n) is 9.62. The van der Waals surface area contributed by atoms with Gasteiger partial charge in [-0.3, -0.25) is 10.1 Å². The highest BCUT2D eigenvalue weighted by Crippen LogP contribution is 2.30. The number of amides is 1. The van der Waals surface area contributed by atoms with E-state index >= 15 is 0 Å². The summed E-state index contributed by atoms with van der Waals surface area (Å²) in [7, 11) is 0. The Balaban J connectivity index is 1.36. The summed E-state index contributed by atoms with van der Waals surface area (Å²) in [5.41, 5.74) is 6.91. The number of carbonyl (C=O) groups excluding carboxylic acids is 1. The highest BCUT2D eigenvalue weighted by molar-refractivity contribution is 5.83. The molecule has 0 unspecified atom stereocenters. The van der Waals surface area contributed by atoms with Crippen molar-refractivity contribution >= 4 is 16.7 Å². The lowest BCUT2D eigenvalue weighted by atomic mass is 9.99. The van der Waals surface area contributed by atoms with E-state index in [4.69, 9.17) is 5.73 Å². The number of fused-ring (bicyclic) bond motifs is 2. The van der Waals surface area contributed by atoms with Crippen molar-refractivity contribution < 1.29 is 31.1 Å². The van der Waals surface area contributed by atoms with Crippen molar-refractivity contribution in [2.24, 2.45) is 5.73 Å². The maximum atomic E-state index is 14.5. The largest absolute Gasteiger partial charge is 0.451 e. The molecule has 0 spiro atoms. The van der Waals surface area contributed by atoms with E-state index in [2.05, 4.69) is 15.5 Å². The smallest absolute Gasteiger partial charge is 0.333 e. The molecule has 2 heterocycles. The van der Waals surface area contributed by atoms with Crippen molar-refractivity contribution in [3.05, 3.63) is 94.8 Å². The maximum Gasteiger partial charge on any atom is 0.451 e. The number of aromatic nitrogens is 3. The van der Waals surface area contributed by atoms with Crippen LogP contribution >= 0.6 is 0 Å². The Morgan fingerprint density at radius 2 is 1.68 bits per heavy atom. The van der Waals surface area contributed by atoms with Crippen LogP contribution < -0.4 is 11.1 Å². The minimum absolute atomic E-state index is 0.0176. The SMILES string of the molecule is N[C@@H](N[C@@H](CC(=O)N1CCn2c(nnc2C(F)(F)F)C1)Cc1cc(F)c(F)cc1F)c1ccc2ccccc2c1. The van der Waals surface area contributed by atoms with Gasteiger partial charge in [0.15, 0.2) is 17.5 Å². The van der Waals surface area contributed by atoms with Gasteiger partial charge in [-0.2, -0.15) is 13.2 Å². The number of nitrogens with one attached hydrogen (secondary N) is 1. The van der Waals surface area contributed by atoms with Gasteiger partial charge in [0, 0.05) is 31.6 Å². The summed E-state index contributed by atoms with van der Waals surface area (Å²) < 4.78 is 82.4. The van der Waals surface area contributed by atoms with Crippen LogP contribution in [0, 0.1) is 17.5 Å².